The van der Waals surface area contributed by atoms with Crippen LogP contribution in [0, 0.1) is 0 Å². The Morgan fingerprint density at radius 2 is 2.00 bits per heavy atom. The van der Waals surface area contributed by atoms with Crippen molar-refractivity contribution in [3.8, 4) is 0 Å². The summed E-state index contributed by atoms with van der Waals surface area (Å²) in [4.78, 5) is 0. The summed E-state index contributed by atoms with van der Waals surface area (Å²) < 4.78 is 7.25. The van der Waals surface area contributed by atoms with Crippen LogP contribution >= 0.6 is 0 Å². The Labute approximate surface area is 85.6 Å². The fourth-order valence-corrected chi connectivity index (χ4v) is 3.85. The van der Waals surface area contributed by atoms with Gasteiger partial charge in [-0.3, -0.25) is 0 Å². The molecule has 1 fully saturated rings. The standard InChI is InChI=1S/C11H14OSe/c1-9-7-8-11(12-9)13-10-5-3-2-4-6-10/h2-6,9,11H,7-8H2,1H3/t9-,11+/m0/s1. The van der Waals surface area contributed by atoms with Gasteiger partial charge in [0.25, 0.3) is 0 Å². The van der Waals surface area contributed by atoms with E-state index in [9.17, 15) is 0 Å². The van der Waals surface area contributed by atoms with E-state index in [1.807, 2.05) is 0 Å². The van der Waals surface area contributed by atoms with Gasteiger partial charge in [-0.25, -0.2) is 0 Å². The molecule has 0 N–H and O–H groups in total. The molecule has 1 aliphatic heterocycles. The Kier molecular flexibility index (Phi) is 3.05. The average molecular weight is 241 g/mol. The predicted molar refractivity (Wildman–Crippen MR) is 55.4 cm³/mol. The Morgan fingerprint density at radius 1 is 1.23 bits per heavy atom. The van der Waals surface area contributed by atoms with Gasteiger partial charge in [-0.05, 0) is 0 Å². The molecule has 2 rings (SSSR count). The number of hydrogen-bond acceptors (Lipinski definition) is 1. The number of benzene rings is 1. The first-order valence-corrected chi connectivity index (χ1v) is 6.56. The van der Waals surface area contributed by atoms with Crippen molar-refractivity contribution in [3.05, 3.63) is 30.3 Å². The third-order valence-corrected chi connectivity index (χ3v) is 4.62. The van der Waals surface area contributed by atoms with E-state index in [0.717, 1.165) is 0 Å². The van der Waals surface area contributed by atoms with Gasteiger partial charge in [0.05, 0.1) is 0 Å². The summed E-state index contributed by atoms with van der Waals surface area (Å²) in [5, 5.41) is 0.518. The summed E-state index contributed by atoms with van der Waals surface area (Å²) >= 11 is 0.506. The van der Waals surface area contributed by atoms with E-state index in [-0.39, 0.29) is 0 Å². The van der Waals surface area contributed by atoms with Gasteiger partial charge in [-0.15, -0.1) is 0 Å². The summed E-state index contributed by atoms with van der Waals surface area (Å²) in [7, 11) is 0. The molecule has 2 heteroatoms. The predicted octanol–water partition coefficient (Wildman–Crippen LogP) is 1.54. The number of hydrogen-bond donors (Lipinski definition) is 0. The second-order valence-corrected chi connectivity index (χ2v) is 5.97. The van der Waals surface area contributed by atoms with Crippen LogP contribution in [-0.4, -0.2) is 26.1 Å². The Bertz CT molecular complexity index is 260. The maximum atomic E-state index is 5.79. The quantitative estimate of drug-likeness (QED) is 0.714. The molecule has 70 valence electrons. The molecule has 1 saturated heterocycles. The van der Waals surface area contributed by atoms with Crippen LogP contribution in [0.4, 0.5) is 0 Å². The molecule has 0 spiro atoms. The molecule has 13 heavy (non-hydrogen) atoms. The molecule has 1 aliphatic rings. The zero-order chi connectivity index (χ0) is 9.10. The Balaban J connectivity index is 1.92. The molecule has 0 saturated carbocycles. The fraction of sp³-hybridized carbons (Fsp3) is 0.455. The molecular weight excluding hydrogens is 227 g/mol. The minimum absolute atomic E-state index is 0.482. The van der Waals surface area contributed by atoms with Crippen molar-refractivity contribution in [1.82, 2.24) is 0 Å². The molecule has 1 aromatic carbocycles. The van der Waals surface area contributed by atoms with E-state index in [0.29, 0.717) is 26.1 Å². The van der Waals surface area contributed by atoms with Crippen molar-refractivity contribution in [2.24, 2.45) is 0 Å². The van der Waals surface area contributed by atoms with Crippen molar-refractivity contribution in [2.75, 3.05) is 0 Å². The van der Waals surface area contributed by atoms with E-state index >= 15 is 0 Å². The summed E-state index contributed by atoms with van der Waals surface area (Å²) in [5.41, 5.74) is 0. The molecule has 1 aromatic rings. The van der Waals surface area contributed by atoms with Crippen molar-refractivity contribution >= 4 is 19.4 Å². The van der Waals surface area contributed by atoms with Crippen LogP contribution in [0.1, 0.15) is 19.8 Å². The van der Waals surface area contributed by atoms with Gasteiger partial charge < -0.3 is 0 Å². The van der Waals surface area contributed by atoms with Gasteiger partial charge in [-0.1, -0.05) is 0 Å². The van der Waals surface area contributed by atoms with Crippen molar-refractivity contribution in [3.63, 3.8) is 0 Å². The van der Waals surface area contributed by atoms with E-state index < -0.39 is 0 Å². The first-order chi connectivity index (χ1) is 6.34. The summed E-state index contributed by atoms with van der Waals surface area (Å²) in [5.74, 6) is 0. The first kappa shape index (κ1) is 9.26. The third kappa shape index (κ3) is 2.57. The molecule has 2 atom stereocenters. The van der Waals surface area contributed by atoms with Gasteiger partial charge >= 0.3 is 85.4 Å². The van der Waals surface area contributed by atoms with E-state index in [1.54, 1.807) is 0 Å². The van der Waals surface area contributed by atoms with Gasteiger partial charge in [0.1, 0.15) is 0 Å². The molecule has 1 heterocycles. The van der Waals surface area contributed by atoms with E-state index in [1.165, 1.54) is 17.3 Å². The molecule has 0 radical (unpaired) electrons. The summed E-state index contributed by atoms with van der Waals surface area (Å²) in [6.45, 7) is 2.17. The van der Waals surface area contributed by atoms with Crippen molar-refractivity contribution in [1.29, 1.82) is 0 Å². The topological polar surface area (TPSA) is 9.23 Å². The van der Waals surface area contributed by atoms with Crippen LogP contribution in [0.3, 0.4) is 0 Å². The zero-order valence-electron chi connectivity index (χ0n) is 7.77. The first-order valence-electron chi connectivity index (χ1n) is 4.72. The SMILES string of the molecule is C[C@H]1CC[C@@H]([Se]c2ccccc2)O1. The average Bonchev–Trinajstić information content (AvgIpc) is 2.53. The second-order valence-electron chi connectivity index (χ2n) is 3.38. The Hall–Kier alpha value is -0.301. The number of ether oxygens (including phenoxy) is 1. The normalized spacial score (nSPS) is 27.8. The van der Waals surface area contributed by atoms with Crippen LogP contribution in [0.15, 0.2) is 30.3 Å². The monoisotopic (exact) mass is 242 g/mol. The van der Waals surface area contributed by atoms with Crippen LogP contribution in [-0.2, 0) is 4.74 Å². The molecule has 0 aliphatic carbocycles. The van der Waals surface area contributed by atoms with Gasteiger partial charge in [0.15, 0.2) is 0 Å². The van der Waals surface area contributed by atoms with Crippen LogP contribution < -0.4 is 4.46 Å². The molecule has 0 bridgehead atoms. The molecule has 0 amide bonds. The molecule has 0 unspecified atom stereocenters. The van der Waals surface area contributed by atoms with Gasteiger partial charge in [0, 0.05) is 0 Å². The minimum atomic E-state index is 0.482. The van der Waals surface area contributed by atoms with Crippen LogP contribution in [0.25, 0.3) is 0 Å². The van der Waals surface area contributed by atoms with Crippen molar-refractivity contribution < 1.29 is 4.74 Å². The molecule has 0 aromatic heterocycles. The fourth-order valence-electron chi connectivity index (χ4n) is 1.50. The summed E-state index contributed by atoms with van der Waals surface area (Å²) in [6, 6.07) is 10.7. The van der Waals surface area contributed by atoms with Gasteiger partial charge in [0.2, 0.25) is 0 Å². The van der Waals surface area contributed by atoms with Crippen molar-refractivity contribution in [2.45, 2.75) is 30.9 Å². The summed E-state index contributed by atoms with van der Waals surface area (Å²) in [6.07, 6.45) is 2.96. The third-order valence-electron chi connectivity index (χ3n) is 2.20. The molecule has 1 nitrogen and oxygen atoms in total. The van der Waals surface area contributed by atoms with Crippen LogP contribution in [0.5, 0.6) is 0 Å². The van der Waals surface area contributed by atoms with Gasteiger partial charge in [-0.2, -0.15) is 0 Å². The molecular formula is C11H14OSe. The Morgan fingerprint density at radius 3 is 2.62 bits per heavy atom. The number of rotatable bonds is 2. The van der Waals surface area contributed by atoms with Crippen LogP contribution in [0.2, 0.25) is 0 Å². The zero-order valence-corrected chi connectivity index (χ0v) is 9.49. The second kappa shape index (κ2) is 4.28. The van der Waals surface area contributed by atoms with E-state index in [2.05, 4.69) is 37.3 Å². The van der Waals surface area contributed by atoms with E-state index in [4.69, 9.17) is 4.74 Å². The maximum absolute atomic E-state index is 5.79.